The van der Waals surface area contributed by atoms with E-state index in [2.05, 4.69) is 152 Å². The van der Waals surface area contributed by atoms with Crippen molar-refractivity contribution in [2.45, 2.75) is 0 Å². The molecule has 0 spiro atoms. The number of benzene rings is 8. The van der Waals surface area contributed by atoms with Crippen molar-refractivity contribution in [2.24, 2.45) is 0 Å². The molecule has 2 aromatic heterocycles. The van der Waals surface area contributed by atoms with E-state index in [-0.39, 0.29) is 0 Å². The number of rotatable bonds is 3. The zero-order valence-electron chi connectivity index (χ0n) is 24.8. The molecule has 0 bridgehead atoms. The van der Waals surface area contributed by atoms with Crippen LogP contribution in [0.15, 0.2) is 162 Å². The molecule has 2 heteroatoms. The predicted molar refractivity (Wildman–Crippen MR) is 198 cm³/mol. The van der Waals surface area contributed by atoms with Crippen LogP contribution >= 0.6 is 11.3 Å². The lowest BCUT2D eigenvalue weighted by molar-refractivity contribution is 0.617. The summed E-state index contributed by atoms with van der Waals surface area (Å²) < 4.78 is 8.61. The first-order valence-corrected chi connectivity index (χ1v) is 16.5. The highest BCUT2D eigenvalue weighted by molar-refractivity contribution is 7.25. The molecule has 10 aromatic rings. The summed E-state index contributed by atoms with van der Waals surface area (Å²) in [4.78, 5) is 0. The molecule has 0 saturated carbocycles. The highest BCUT2D eigenvalue weighted by Crippen LogP contribution is 2.47. The second-order valence-corrected chi connectivity index (χ2v) is 13.1. The smallest absolute Gasteiger partial charge is 0.135 e. The van der Waals surface area contributed by atoms with Gasteiger partial charge >= 0.3 is 0 Å². The van der Waals surface area contributed by atoms with Gasteiger partial charge in [-0.05, 0) is 78.3 Å². The Balaban J connectivity index is 1.22. The number of thiophene rings is 1. The van der Waals surface area contributed by atoms with Gasteiger partial charge in [0.1, 0.15) is 5.58 Å². The molecule has 0 saturated heterocycles. The molecular weight excluding hydrogens is 577 g/mol. The van der Waals surface area contributed by atoms with Crippen LogP contribution in [0.1, 0.15) is 0 Å². The molecule has 0 N–H and O–H groups in total. The van der Waals surface area contributed by atoms with Crippen LogP contribution in [0.25, 0.3) is 96.8 Å². The monoisotopic (exact) mass is 602 g/mol. The molecule has 0 aliphatic rings. The lowest BCUT2D eigenvalue weighted by Crippen LogP contribution is -1.91. The van der Waals surface area contributed by atoms with Crippen LogP contribution in [0.4, 0.5) is 0 Å². The summed E-state index contributed by atoms with van der Waals surface area (Å²) >= 11 is 1.84. The quantitative estimate of drug-likeness (QED) is 0.183. The van der Waals surface area contributed by atoms with E-state index in [1.54, 1.807) is 0 Å². The molecule has 46 heavy (non-hydrogen) atoms. The van der Waals surface area contributed by atoms with Gasteiger partial charge in [0.25, 0.3) is 0 Å². The van der Waals surface area contributed by atoms with E-state index in [9.17, 15) is 0 Å². The van der Waals surface area contributed by atoms with Crippen LogP contribution in [0.3, 0.4) is 0 Å². The summed E-state index contributed by atoms with van der Waals surface area (Å²) in [7, 11) is 0. The maximum atomic E-state index is 6.08. The Labute approximate surface area is 269 Å². The van der Waals surface area contributed by atoms with Gasteiger partial charge in [-0.1, -0.05) is 133 Å². The summed E-state index contributed by atoms with van der Waals surface area (Å²) in [5.41, 5.74) is 8.34. The fourth-order valence-electron chi connectivity index (χ4n) is 7.47. The Hall–Kier alpha value is -5.70. The normalized spacial score (nSPS) is 11.9. The second kappa shape index (κ2) is 9.90. The maximum Gasteiger partial charge on any atom is 0.135 e. The van der Waals surface area contributed by atoms with E-state index in [1.165, 1.54) is 80.3 Å². The number of hydrogen-bond donors (Lipinski definition) is 0. The van der Waals surface area contributed by atoms with Crippen LogP contribution < -0.4 is 0 Å². The van der Waals surface area contributed by atoms with Crippen LogP contribution in [-0.2, 0) is 0 Å². The van der Waals surface area contributed by atoms with Gasteiger partial charge in [0.05, 0.1) is 6.26 Å². The van der Waals surface area contributed by atoms with Gasteiger partial charge < -0.3 is 4.42 Å². The van der Waals surface area contributed by atoms with E-state index in [1.807, 2.05) is 17.6 Å². The molecule has 2 heterocycles. The number of hydrogen-bond acceptors (Lipinski definition) is 2. The first kappa shape index (κ1) is 25.6. The predicted octanol–water partition coefficient (Wildman–Crippen LogP) is 13.3. The van der Waals surface area contributed by atoms with E-state index in [0.717, 1.165) is 16.5 Å². The molecule has 0 radical (unpaired) electrons. The third kappa shape index (κ3) is 3.74. The van der Waals surface area contributed by atoms with Crippen molar-refractivity contribution in [1.29, 1.82) is 0 Å². The first-order valence-electron chi connectivity index (χ1n) is 15.7. The molecular formula is C44H26OS. The van der Waals surface area contributed by atoms with Crippen molar-refractivity contribution in [3.8, 4) is 33.4 Å². The van der Waals surface area contributed by atoms with Crippen LogP contribution in [0.5, 0.6) is 0 Å². The summed E-state index contributed by atoms with van der Waals surface area (Å²) in [6, 6.07) is 55.3. The third-order valence-corrected chi connectivity index (χ3v) is 10.6. The average Bonchev–Trinajstić information content (AvgIpc) is 3.70. The zero-order valence-corrected chi connectivity index (χ0v) is 25.6. The van der Waals surface area contributed by atoms with Gasteiger partial charge in [0.2, 0.25) is 0 Å². The molecule has 0 atom stereocenters. The fourth-order valence-corrected chi connectivity index (χ4v) is 8.62. The van der Waals surface area contributed by atoms with Crippen molar-refractivity contribution in [3.63, 3.8) is 0 Å². The molecule has 0 aliphatic heterocycles. The molecule has 214 valence electrons. The number of fused-ring (bicyclic) bond motifs is 7. The minimum atomic E-state index is 0.930. The van der Waals surface area contributed by atoms with Crippen LogP contribution in [0, 0.1) is 0 Å². The third-order valence-electron chi connectivity index (χ3n) is 9.53. The topological polar surface area (TPSA) is 13.1 Å². The minimum Gasteiger partial charge on any atom is -0.464 e. The van der Waals surface area contributed by atoms with Crippen molar-refractivity contribution in [3.05, 3.63) is 158 Å². The van der Waals surface area contributed by atoms with Crippen molar-refractivity contribution >= 4 is 74.8 Å². The second-order valence-electron chi connectivity index (χ2n) is 12.0. The molecule has 1 nitrogen and oxygen atoms in total. The van der Waals surface area contributed by atoms with Crippen LogP contribution in [-0.4, -0.2) is 0 Å². The Morgan fingerprint density at radius 1 is 0.370 bits per heavy atom. The van der Waals surface area contributed by atoms with Gasteiger partial charge in [-0.2, -0.15) is 0 Å². The SMILES string of the molecule is c1ccc(-c2coc3cc4sc5cc(-c6c7ccccc7c(-c7cccc8ccccc78)c7ccccc67)ccc5c4cc23)cc1. The van der Waals surface area contributed by atoms with Gasteiger partial charge in [-0.25, -0.2) is 0 Å². The molecule has 0 amide bonds. The summed E-state index contributed by atoms with van der Waals surface area (Å²) in [6.45, 7) is 0. The Morgan fingerprint density at radius 3 is 1.76 bits per heavy atom. The molecule has 0 fully saturated rings. The van der Waals surface area contributed by atoms with Gasteiger partial charge in [-0.15, -0.1) is 11.3 Å². The molecule has 0 aliphatic carbocycles. The first-order chi connectivity index (χ1) is 22.8. The Kier molecular flexibility index (Phi) is 5.51. The van der Waals surface area contributed by atoms with Crippen molar-refractivity contribution in [2.75, 3.05) is 0 Å². The molecule has 10 rings (SSSR count). The van der Waals surface area contributed by atoms with Crippen molar-refractivity contribution < 1.29 is 4.42 Å². The highest BCUT2D eigenvalue weighted by atomic mass is 32.1. The number of furan rings is 1. The standard InChI is InChI=1S/C44H26OS/c1-2-11-28(12-3-1)39-26-45-40-25-42-38(24-37(39)40)31-22-21-29(23-41(31)46-42)43-33-16-6-8-18-35(33)44(36-19-9-7-17-34(36)43)32-20-10-14-27-13-4-5-15-30(27)32/h1-26H. The van der Waals surface area contributed by atoms with Crippen molar-refractivity contribution in [1.82, 2.24) is 0 Å². The van der Waals surface area contributed by atoms with Gasteiger partial charge in [0, 0.05) is 31.1 Å². The zero-order chi connectivity index (χ0) is 30.2. The maximum absolute atomic E-state index is 6.08. The summed E-state index contributed by atoms with van der Waals surface area (Å²) in [5.74, 6) is 0. The van der Waals surface area contributed by atoms with E-state index >= 15 is 0 Å². The lowest BCUT2D eigenvalue weighted by atomic mass is 9.84. The minimum absolute atomic E-state index is 0.930. The van der Waals surface area contributed by atoms with E-state index < -0.39 is 0 Å². The van der Waals surface area contributed by atoms with E-state index in [4.69, 9.17) is 4.42 Å². The van der Waals surface area contributed by atoms with Crippen LogP contribution in [0.2, 0.25) is 0 Å². The van der Waals surface area contributed by atoms with Gasteiger partial charge in [0.15, 0.2) is 0 Å². The van der Waals surface area contributed by atoms with E-state index in [0.29, 0.717) is 0 Å². The lowest BCUT2D eigenvalue weighted by Gasteiger charge is -2.18. The summed E-state index contributed by atoms with van der Waals surface area (Å²) in [6.07, 6.45) is 1.89. The average molecular weight is 603 g/mol. The summed E-state index contributed by atoms with van der Waals surface area (Å²) in [5, 5.41) is 11.4. The Bertz CT molecular complexity index is 2740. The fraction of sp³-hybridized carbons (Fsp3) is 0. The highest BCUT2D eigenvalue weighted by Gasteiger charge is 2.19. The largest absolute Gasteiger partial charge is 0.464 e. The Morgan fingerprint density at radius 2 is 1.00 bits per heavy atom. The van der Waals surface area contributed by atoms with Gasteiger partial charge in [-0.3, -0.25) is 0 Å². The molecule has 8 aromatic carbocycles. The molecule has 0 unspecified atom stereocenters.